The molecule has 4 heteroatoms. The highest BCUT2D eigenvalue weighted by atomic mass is 16.7. The summed E-state index contributed by atoms with van der Waals surface area (Å²) in [5, 5.41) is 1.90. The Morgan fingerprint density at radius 2 is 1.41 bits per heavy atom. The molecule has 0 atom stereocenters. The lowest BCUT2D eigenvalue weighted by molar-refractivity contribution is 0.227. The van der Waals surface area contributed by atoms with Crippen molar-refractivity contribution in [3.05, 3.63) is 96.1 Å². The minimum absolute atomic E-state index is 0.707. The second-order valence-corrected chi connectivity index (χ2v) is 6.35. The third-order valence-corrected chi connectivity index (χ3v) is 4.74. The minimum atomic E-state index is -0.775. The molecule has 0 N–H and O–H groups in total. The van der Waals surface area contributed by atoms with E-state index >= 15 is 0 Å². The number of ether oxygens (including phenoxy) is 1. The molecular weight excluding hydrogens is 336 g/mol. The summed E-state index contributed by atoms with van der Waals surface area (Å²) in [6.07, 6.45) is 0.716. The summed E-state index contributed by atoms with van der Waals surface area (Å²) in [7, 11) is 1.66. The highest BCUT2D eigenvalue weighted by Crippen LogP contribution is 2.44. The molecule has 3 aromatic carbocycles. The van der Waals surface area contributed by atoms with Gasteiger partial charge in [0.15, 0.2) is 0 Å². The zero-order valence-electron chi connectivity index (χ0n) is 15.5. The summed E-state index contributed by atoms with van der Waals surface area (Å²) in [5.41, 5.74) is 2.24. The number of aliphatic imine (C=N–C) groups is 1. The SMILES string of the molecule is CCC1=NC(c2ccccc2)(c2ccccc2)N(c2ccc(OC)cc2)O1. The van der Waals surface area contributed by atoms with Crippen LogP contribution in [0.1, 0.15) is 24.5 Å². The number of anilines is 1. The molecule has 0 saturated heterocycles. The standard InChI is InChI=1S/C23H22N2O2/c1-3-22-24-23(18-10-6-4-7-11-18,19-12-8-5-9-13-19)25(27-22)20-14-16-21(26-2)17-15-20/h4-17H,3H2,1-2H3. The molecule has 1 aliphatic rings. The van der Waals surface area contributed by atoms with Gasteiger partial charge in [0, 0.05) is 17.5 Å². The van der Waals surface area contributed by atoms with Crippen molar-refractivity contribution < 1.29 is 9.57 Å². The van der Waals surface area contributed by atoms with Crippen LogP contribution in [0.2, 0.25) is 0 Å². The normalized spacial score (nSPS) is 15.2. The van der Waals surface area contributed by atoms with E-state index < -0.39 is 5.66 Å². The molecule has 0 unspecified atom stereocenters. The van der Waals surface area contributed by atoms with E-state index in [4.69, 9.17) is 14.6 Å². The highest BCUT2D eigenvalue weighted by Gasteiger charge is 2.47. The Morgan fingerprint density at radius 3 is 1.89 bits per heavy atom. The first-order valence-electron chi connectivity index (χ1n) is 9.10. The van der Waals surface area contributed by atoms with E-state index in [0.717, 1.165) is 22.6 Å². The Bertz CT molecular complexity index is 882. The second-order valence-electron chi connectivity index (χ2n) is 6.35. The maximum atomic E-state index is 6.24. The fraction of sp³-hybridized carbons (Fsp3) is 0.174. The zero-order chi connectivity index (χ0) is 18.7. The van der Waals surface area contributed by atoms with Gasteiger partial charge >= 0.3 is 0 Å². The smallest absolute Gasteiger partial charge is 0.220 e. The van der Waals surface area contributed by atoms with Crippen molar-refractivity contribution in [1.82, 2.24) is 0 Å². The summed E-state index contributed by atoms with van der Waals surface area (Å²) in [4.78, 5) is 11.3. The van der Waals surface area contributed by atoms with Gasteiger partial charge in [0.25, 0.3) is 0 Å². The molecule has 4 nitrogen and oxygen atoms in total. The predicted octanol–water partition coefficient (Wildman–Crippen LogP) is 5.16. The van der Waals surface area contributed by atoms with Gasteiger partial charge in [-0.3, -0.25) is 0 Å². The first-order valence-corrected chi connectivity index (χ1v) is 9.10. The summed E-state index contributed by atoms with van der Waals surface area (Å²) < 4.78 is 5.31. The van der Waals surface area contributed by atoms with Gasteiger partial charge in [0.05, 0.1) is 12.8 Å². The Kier molecular flexibility index (Phi) is 4.55. The number of hydrogen-bond acceptors (Lipinski definition) is 4. The predicted molar refractivity (Wildman–Crippen MR) is 108 cm³/mol. The average molecular weight is 358 g/mol. The van der Waals surface area contributed by atoms with Crippen LogP contribution in [0.25, 0.3) is 0 Å². The molecular formula is C23H22N2O2. The van der Waals surface area contributed by atoms with Gasteiger partial charge in [-0.2, -0.15) is 5.06 Å². The first-order chi connectivity index (χ1) is 13.3. The minimum Gasteiger partial charge on any atom is -0.497 e. The van der Waals surface area contributed by atoms with Crippen molar-refractivity contribution in [2.75, 3.05) is 12.2 Å². The van der Waals surface area contributed by atoms with Crippen LogP contribution in [-0.2, 0) is 10.5 Å². The van der Waals surface area contributed by atoms with Crippen LogP contribution in [0.3, 0.4) is 0 Å². The van der Waals surface area contributed by atoms with Gasteiger partial charge in [0.2, 0.25) is 11.6 Å². The summed E-state index contributed by atoms with van der Waals surface area (Å²) >= 11 is 0. The Morgan fingerprint density at radius 1 is 0.852 bits per heavy atom. The van der Waals surface area contributed by atoms with Crippen molar-refractivity contribution in [3.8, 4) is 5.75 Å². The number of hydrogen-bond donors (Lipinski definition) is 0. The number of methoxy groups -OCH3 is 1. The molecule has 1 heterocycles. The molecule has 3 aromatic rings. The van der Waals surface area contributed by atoms with Gasteiger partial charge < -0.3 is 9.57 Å². The Balaban J connectivity index is 1.93. The number of nitrogens with zero attached hydrogens (tertiary/aromatic N) is 2. The third kappa shape index (κ3) is 2.93. The van der Waals surface area contributed by atoms with Crippen LogP contribution in [0.4, 0.5) is 5.69 Å². The molecule has 0 fully saturated rings. The number of hydroxylamine groups is 1. The van der Waals surface area contributed by atoms with E-state index in [0.29, 0.717) is 12.3 Å². The zero-order valence-corrected chi connectivity index (χ0v) is 15.5. The fourth-order valence-electron chi connectivity index (χ4n) is 3.39. The molecule has 0 aromatic heterocycles. The van der Waals surface area contributed by atoms with E-state index in [2.05, 4.69) is 31.2 Å². The van der Waals surface area contributed by atoms with Crippen molar-refractivity contribution in [3.63, 3.8) is 0 Å². The number of benzene rings is 3. The summed E-state index contributed by atoms with van der Waals surface area (Å²) in [5.74, 6) is 1.51. The summed E-state index contributed by atoms with van der Waals surface area (Å²) in [6, 6.07) is 28.4. The lowest BCUT2D eigenvalue weighted by Crippen LogP contribution is -2.42. The van der Waals surface area contributed by atoms with E-state index in [9.17, 15) is 0 Å². The monoisotopic (exact) mass is 358 g/mol. The van der Waals surface area contributed by atoms with Crippen LogP contribution < -0.4 is 9.80 Å². The van der Waals surface area contributed by atoms with E-state index in [1.165, 1.54) is 0 Å². The van der Waals surface area contributed by atoms with Gasteiger partial charge in [0.1, 0.15) is 5.75 Å². The third-order valence-electron chi connectivity index (χ3n) is 4.74. The molecule has 0 aliphatic carbocycles. The van der Waals surface area contributed by atoms with Gasteiger partial charge in [-0.05, 0) is 24.3 Å². The van der Waals surface area contributed by atoms with Crippen LogP contribution >= 0.6 is 0 Å². The topological polar surface area (TPSA) is 34.1 Å². The Labute approximate surface area is 159 Å². The van der Waals surface area contributed by atoms with Crippen LogP contribution in [0.5, 0.6) is 5.75 Å². The van der Waals surface area contributed by atoms with Gasteiger partial charge in [-0.25, -0.2) is 4.99 Å². The molecule has 0 radical (unpaired) electrons. The van der Waals surface area contributed by atoms with Gasteiger partial charge in [-0.15, -0.1) is 0 Å². The first kappa shape index (κ1) is 17.2. The quantitative estimate of drug-likeness (QED) is 0.632. The molecule has 0 amide bonds. The maximum Gasteiger partial charge on any atom is 0.220 e. The molecule has 0 saturated carbocycles. The van der Waals surface area contributed by atoms with E-state index in [1.54, 1.807) is 7.11 Å². The Hall–Kier alpha value is -3.27. The summed E-state index contributed by atoms with van der Waals surface area (Å²) in [6.45, 7) is 2.05. The van der Waals surface area contributed by atoms with E-state index in [-0.39, 0.29) is 0 Å². The number of rotatable bonds is 5. The average Bonchev–Trinajstić information content (AvgIpc) is 3.16. The van der Waals surface area contributed by atoms with Crippen molar-refractivity contribution in [2.45, 2.75) is 19.0 Å². The molecule has 136 valence electrons. The van der Waals surface area contributed by atoms with Gasteiger partial charge in [-0.1, -0.05) is 67.6 Å². The molecule has 0 spiro atoms. The molecule has 4 rings (SSSR count). The van der Waals surface area contributed by atoms with Crippen molar-refractivity contribution in [2.24, 2.45) is 4.99 Å². The maximum absolute atomic E-state index is 6.24. The molecule has 0 bridgehead atoms. The van der Waals surface area contributed by atoms with Crippen LogP contribution in [0, 0.1) is 0 Å². The largest absolute Gasteiger partial charge is 0.497 e. The van der Waals surface area contributed by atoms with Crippen molar-refractivity contribution >= 4 is 11.6 Å². The highest BCUT2D eigenvalue weighted by molar-refractivity contribution is 5.82. The van der Waals surface area contributed by atoms with E-state index in [1.807, 2.05) is 65.7 Å². The van der Waals surface area contributed by atoms with Crippen LogP contribution in [0.15, 0.2) is 89.9 Å². The lowest BCUT2D eigenvalue weighted by Gasteiger charge is -2.36. The second kappa shape index (κ2) is 7.16. The van der Waals surface area contributed by atoms with Crippen LogP contribution in [-0.4, -0.2) is 13.0 Å². The molecule has 1 aliphatic heterocycles. The fourth-order valence-corrected chi connectivity index (χ4v) is 3.39. The molecule has 27 heavy (non-hydrogen) atoms. The van der Waals surface area contributed by atoms with Crippen molar-refractivity contribution in [1.29, 1.82) is 0 Å². The lowest BCUT2D eigenvalue weighted by atomic mass is 9.90.